The molecule has 166 valence electrons. The molecule has 0 aliphatic heterocycles. The lowest BCUT2D eigenvalue weighted by Crippen LogP contribution is -2.02. The molecule has 0 spiro atoms. The molecule has 2 aromatic carbocycles. The van der Waals surface area contributed by atoms with E-state index in [9.17, 15) is 0 Å². The summed E-state index contributed by atoms with van der Waals surface area (Å²) in [4.78, 5) is 0. The molecule has 0 N–H and O–H groups in total. The van der Waals surface area contributed by atoms with Gasteiger partial charge in [0, 0.05) is 5.56 Å². The first-order valence-electron chi connectivity index (χ1n) is 11.3. The highest BCUT2D eigenvalue weighted by Crippen LogP contribution is 2.25. The molecule has 0 aliphatic carbocycles. The number of hydrogen-bond acceptors (Lipinski definition) is 5. The fourth-order valence-corrected chi connectivity index (χ4v) is 3.39. The van der Waals surface area contributed by atoms with Crippen LogP contribution in [0.3, 0.4) is 0 Å². The molecule has 3 aromatic rings. The van der Waals surface area contributed by atoms with E-state index in [2.05, 4.69) is 54.4 Å². The largest absolute Gasteiger partial charge is 0.493 e. The van der Waals surface area contributed by atoms with Crippen LogP contribution in [0, 0.1) is 0 Å². The molecule has 0 radical (unpaired) electrons. The number of hydrogen-bond donors (Lipinski definition) is 0. The standard InChI is InChI=1S/C16H26O.C10H9N3O/c1-4-7-8-9-13-17-16-12-10-11-14(5-2)15(16)6-3;1-14-9-7-11-13-12-10(9)8-5-3-2-4-6-8/h10-12H,4-9,13H2,1-3H3;2-7H,1H3. The summed E-state index contributed by atoms with van der Waals surface area (Å²) >= 11 is 0. The molecular weight excluding hydrogens is 386 g/mol. The molecule has 3 rings (SSSR count). The molecule has 0 saturated heterocycles. The van der Waals surface area contributed by atoms with Crippen LogP contribution in [0.15, 0.2) is 54.7 Å². The summed E-state index contributed by atoms with van der Waals surface area (Å²) in [6, 6.07) is 16.2. The van der Waals surface area contributed by atoms with E-state index in [-0.39, 0.29) is 0 Å². The monoisotopic (exact) mass is 421 g/mol. The lowest BCUT2D eigenvalue weighted by Gasteiger charge is -2.13. The highest BCUT2D eigenvalue weighted by molar-refractivity contribution is 5.64. The van der Waals surface area contributed by atoms with Gasteiger partial charge in [0.2, 0.25) is 0 Å². The number of rotatable bonds is 10. The average Bonchev–Trinajstić information content (AvgIpc) is 2.84. The molecule has 5 heteroatoms. The Morgan fingerprint density at radius 1 is 0.806 bits per heavy atom. The van der Waals surface area contributed by atoms with Crippen molar-refractivity contribution in [1.82, 2.24) is 15.4 Å². The van der Waals surface area contributed by atoms with Crippen LogP contribution in [0.1, 0.15) is 57.6 Å². The molecular formula is C26H35N3O2. The quantitative estimate of drug-likeness (QED) is 0.359. The second-order valence-electron chi connectivity index (χ2n) is 7.23. The maximum absolute atomic E-state index is 5.92. The first-order chi connectivity index (χ1) is 15.2. The highest BCUT2D eigenvalue weighted by Gasteiger charge is 2.07. The van der Waals surface area contributed by atoms with Gasteiger partial charge in [-0.2, -0.15) is 0 Å². The number of aromatic nitrogens is 3. The zero-order valence-corrected chi connectivity index (χ0v) is 19.3. The fourth-order valence-electron chi connectivity index (χ4n) is 3.39. The normalized spacial score (nSPS) is 10.2. The molecule has 1 heterocycles. The van der Waals surface area contributed by atoms with Crippen molar-refractivity contribution in [3.63, 3.8) is 0 Å². The third-order valence-electron chi connectivity index (χ3n) is 5.09. The summed E-state index contributed by atoms with van der Waals surface area (Å²) in [5.74, 6) is 1.73. The van der Waals surface area contributed by atoms with E-state index < -0.39 is 0 Å². The van der Waals surface area contributed by atoms with Crippen molar-refractivity contribution in [2.24, 2.45) is 0 Å². The van der Waals surface area contributed by atoms with E-state index in [1.165, 1.54) is 36.8 Å². The molecule has 5 nitrogen and oxygen atoms in total. The minimum absolute atomic E-state index is 0.631. The number of ether oxygens (including phenoxy) is 2. The van der Waals surface area contributed by atoms with Crippen LogP contribution in [0.4, 0.5) is 0 Å². The first kappa shape index (κ1) is 24.3. The van der Waals surface area contributed by atoms with E-state index in [0.717, 1.165) is 30.8 Å². The molecule has 0 saturated carbocycles. The fraction of sp³-hybridized carbons (Fsp3) is 0.423. The van der Waals surface area contributed by atoms with Crippen LogP contribution < -0.4 is 9.47 Å². The number of unbranched alkanes of at least 4 members (excludes halogenated alkanes) is 3. The molecule has 0 aliphatic rings. The van der Waals surface area contributed by atoms with Gasteiger partial charge in [0.1, 0.15) is 11.4 Å². The number of aryl methyl sites for hydroxylation is 1. The maximum atomic E-state index is 5.92. The van der Waals surface area contributed by atoms with Crippen LogP contribution in [0.5, 0.6) is 11.5 Å². The average molecular weight is 422 g/mol. The van der Waals surface area contributed by atoms with Gasteiger partial charge in [-0.1, -0.05) is 82.5 Å². The molecule has 0 fully saturated rings. The van der Waals surface area contributed by atoms with Crippen molar-refractivity contribution in [2.45, 2.75) is 59.3 Å². The lowest BCUT2D eigenvalue weighted by atomic mass is 10.0. The van der Waals surface area contributed by atoms with Crippen LogP contribution >= 0.6 is 0 Å². The van der Waals surface area contributed by atoms with E-state index >= 15 is 0 Å². The Morgan fingerprint density at radius 2 is 1.61 bits per heavy atom. The highest BCUT2D eigenvalue weighted by atomic mass is 16.5. The summed E-state index contributed by atoms with van der Waals surface area (Å²) in [7, 11) is 1.59. The second kappa shape index (κ2) is 14.1. The van der Waals surface area contributed by atoms with E-state index in [4.69, 9.17) is 9.47 Å². The van der Waals surface area contributed by atoms with Crippen molar-refractivity contribution in [3.05, 3.63) is 65.9 Å². The Balaban J connectivity index is 0.000000224. The summed E-state index contributed by atoms with van der Waals surface area (Å²) in [5, 5.41) is 11.2. The summed E-state index contributed by atoms with van der Waals surface area (Å²) in [6.45, 7) is 7.51. The summed E-state index contributed by atoms with van der Waals surface area (Å²) < 4.78 is 11.1. The van der Waals surface area contributed by atoms with Crippen LogP contribution in [0.2, 0.25) is 0 Å². The van der Waals surface area contributed by atoms with Crippen LogP contribution in [-0.4, -0.2) is 29.1 Å². The van der Waals surface area contributed by atoms with Crippen LogP contribution in [-0.2, 0) is 12.8 Å². The van der Waals surface area contributed by atoms with Gasteiger partial charge >= 0.3 is 0 Å². The Morgan fingerprint density at radius 3 is 2.29 bits per heavy atom. The van der Waals surface area contributed by atoms with Crippen molar-refractivity contribution >= 4 is 0 Å². The predicted octanol–water partition coefficient (Wildman–Crippen LogP) is 6.32. The van der Waals surface area contributed by atoms with Crippen molar-refractivity contribution in [2.75, 3.05) is 13.7 Å². The summed E-state index contributed by atoms with van der Waals surface area (Å²) in [6.07, 6.45) is 8.77. The molecule has 0 atom stereocenters. The van der Waals surface area contributed by atoms with E-state index in [0.29, 0.717) is 11.4 Å². The van der Waals surface area contributed by atoms with Gasteiger partial charge in [-0.3, -0.25) is 0 Å². The van der Waals surface area contributed by atoms with Gasteiger partial charge in [0.25, 0.3) is 0 Å². The van der Waals surface area contributed by atoms with E-state index in [1.807, 2.05) is 30.3 Å². The van der Waals surface area contributed by atoms with Crippen molar-refractivity contribution < 1.29 is 9.47 Å². The number of methoxy groups -OCH3 is 1. The molecule has 0 bridgehead atoms. The minimum atomic E-state index is 0.631. The topological polar surface area (TPSA) is 57.1 Å². The Hall–Kier alpha value is -2.95. The van der Waals surface area contributed by atoms with Crippen molar-refractivity contribution in [1.29, 1.82) is 0 Å². The van der Waals surface area contributed by atoms with Gasteiger partial charge in [-0.15, -0.1) is 10.2 Å². The smallest absolute Gasteiger partial charge is 0.167 e. The Labute approximate surface area is 186 Å². The van der Waals surface area contributed by atoms with E-state index in [1.54, 1.807) is 13.3 Å². The van der Waals surface area contributed by atoms with Crippen molar-refractivity contribution in [3.8, 4) is 22.8 Å². The van der Waals surface area contributed by atoms with Gasteiger partial charge in [0.15, 0.2) is 5.75 Å². The third-order valence-corrected chi connectivity index (χ3v) is 5.09. The zero-order valence-electron chi connectivity index (χ0n) is 19.3. The predicted molar refractivity (Wildman–Crippen MR) is 127 cm³/mol. The molecule has 1 aromatic heterocycles. The zero-order chi connectivity index (χ0) is 22.3. The van der Waals surface area contributed by atoms with Gasteiger partial charge in [-0.25, -0.2) is 0 Å². The number of nitrogens with zero attached hydrogens (tertiary/aromatic N) is 3. The SMILES string of the molecule is CCCCCCOc1cccc(CC)c1CC.COc1cnnnc1-c1ccccc1. The molecule has 0 unspecified atom stereocenters. The minimum Gasteiger partial charge on any atom is -0.493 e. The summed E-state index contributed by atoms with van der Waals surface area (Å²) in [5.41, 5.74) is 4.51. The Kier molecular flexibility index (Phi) is 11.1. The van der Waals surface area contributed by atoms with Crippen LogP contribution in [0.25, 0.3) is 11.3 Å². The van der Waals surface area contributed by atoms with Gasteiger partial charge in [-0.05, 0) is 41.7 Å². The van der Waals surface area contributed by atoms with Gasteiger partial charge in [0.05, 0.1) is 19.9 Å². The third kappa shape index (κ3) is 7.67. The number of benzene rings is 2. The molecule has 0 amide bonds. The Bertz CT molecular complexity index is 885. The molecule has 31 heavy (non-hydrogen) atoms. The van der Waals surface area contributed by atoms with Gasteiger partial charge < -0.3 is 9.47 Å². The second-order valence-corrected chi connectivity index (χ2v) is 7.23. The first-order valence-corrected chi connectivity index (χ1v) is 11.3. The lowest BCUT2D eigenvalue weighted by molar-refractivity contribution is 0.302. The maximum Gasteiger partial charge on any atom is 0.167 e.